The molecule has 0 unspecified atom stereocenters. The quantitative estimate of drug-likeness (QED) is 0.792. The maximum Gasteiger partial charge on any atom is 0.347 e. The van der Waals surface area contributed by atoms with Crippen molar-refractivity contribution in [3.8, 4) is 11.3 Å². The van der Waals surface area contributed by atoms with Crippen LogP contribution in [-0.4, -0.2) is 20.5 Å². The normalized spacial score (nSPS) is 14.6. The lowest BCUT2D eigenvalue weighted by atomic mass is 10.1. The first-order valence-electron chi connectivity index (χ1n) is 7.07. The van der Waals surface area contributed by atoms with E-state index in [1.807, 2.05) is 11.3 Å². The van der Waals surface area contributed by atoms with Gasteiger partial charge in [-0.3, -0.25) is 4.40 Å². The zero-order valence-corrected chi connectivity index (χ0v) is 12.7. The SMILES string of the molecule is Cc1c(-c2ccc(F)cc2)nc2sc(C(=O)O)c(C3CC3)n12. The van der Waals surface area contributed by atoms with E-state index in [0.717, 1.165) is 35.5 Å². The fourth-order valence-electron chi connectivity index (χ4n) is 2.83. The largest absolute Gasteiger partial charge is 0.477 e. The molecule has 0 saturated heterocycles. The van der Waals surface area contributed by atoms with Crippen molar-refractivity contribution in [2.75, 3.05) is 0 Å². The van der Waals surface area contributed by atoms with E-state index >= 15 is 0 Å². The van der Waals surface area contributed by atoms with Crippen molar-refractivity contribution < 1.29 is 14.3 Å². The van der Waals surface area contributed by atoms with Crippen LogP contribution in [0.4, 0.5) is 4.39 Å². The molecular formula is C16H13FN2O2S. The maximum atomic E-state index is 13.1. The van der Waals surface area contributed by atoms with Crippen molar-refractivity contribution in [2.24, 2.45) is 0 Å². The summed E-state index contributed by atoms with van der Waals surface area (Å²) in [6.07, 6.45) is 2.05. The number of aromatic nitrogens is 2. The van der Waals surface area contributed by atoms with Crippen molar-refractivity contribution in [1.29, 1.82) is 0 Å². The number of hydrogen-bond acceptors (Lipinski definition) is 3. The zero-order chi connectivity index (χ0) is 15.4. The van der Waals surface area contributed by atoms with E-state index in [2.05, 4.69) is 4.98 Å². The molecule has 1 aliphatic carbocycles. The highest BCUT2D eigenvalue weighted by Gasteiger charge is 2.34. The van der Waals surface area contributed by atoms with Crippen LogP contribution < -0.4 is 0 Å². The lowest BCUT2D eigenvalue weighted by Crippen LogP contribution is -2.01. The van der Waals surface area contributed by atoms with Gasteiger partial charge in [-0.25, -0.2) is 14.2 Å². The van der Waals surface area contributed by atoms with Gasteiger partial charge in [0.15, 0.2) is 4.96 Å². The van der Waals surface area contributed by atoms with Gasteiger partial charge in [0.25, 0.3) is 0 Å². The number of carbonyl (C=O) groups is 1. The van der Waals surface area contributed by atoms with Gasteiger partial charge in [-0.15, -0.1) is 0 Å². The van der Waals surface area contributed by atoms with E-state index in [0.29, 0.717) is 15.8 Å². The second-order valence-corrected chi connectivity index (χ2v) is 6.54. The number of hydrogen-bond donors (Lipinski definition) is 1. The molecule has 1 aliphatic rings. The van der Waals surface area contributed by atoms with E-state index < -0.39 is 5.97 Å². The summed E-state index contributed by atoms with van der Waals surface area (Å²) in [5, 5.41) is 9.40. The van der Waals surface area contributed by atoms with E-state index in [-0.39, 0.29) is 5.82 Å². The van der Waals surface area contributed by atoms with Gasteiger partial charge in [0.2, 0.25) is 0 Å². The number of fused-ring (bicyclic) bond motifs is 1. The van der Waals surface area contributed by atoms with Crippen LogP contribution in [0.1, 0.15) is 39.8 Å². The average molecular weight is 316 g/mol. The first kappa shape index (κ1) is 13.5. The molecule has 2 aromatic heterocycles. The van der Waals surface area contributed by atoms with Crippen LogP contribution in [0.2, 0.25) is 0 Å². The van der Waals surface area contributed by atoms with Gasteiger partial charge in [0.1, 0.15) is 10.7 Å². The molecule has 4 rings (SSSR count). The summed E-state index contributed by atoms with van der Waals surface area (Å²) in [6.45, 7) is 1.93. The van der Waals surface area contributed by atoms with Crippen LogP contribution in [0.15, 0.2) is 24.3 Å². The number of aromatic carboxylic acids is 1. The van der Waals surface area contributed by atoms with Crippen LogP contribution in [0, 0.1) is 12.7 Å². The van der Waals surface area contributed by atoms with Crippen LogP contribution in [0.25, 0.3) is 16.2 Å². The number of benzene rings is 1. The van der Waals surface area contributed by atoms with Gasteiger partial charge in [0, 0.05) is 17.2 Å². The summed E-state index contributed by atoms with van der Waals surface area (Å²) >= 11 is 1.21. The Morgan fingerprint density at radius 3 is 2.64 bits per heavy atom. The Morgan fingerprint density at radius 2 is 2.05 bits per heavy atom. The number of halogens is 1. The van der Waals surface area contributed by atoms with Gasteiger partial charge in [-0.2, -0.15) is 0 Å². The molecule has 112 valence electrons. The van der Waals surface area contributed by atoms with Gasteiger partial charge in [-0.1, -0.05) is 11.3 Å². The predicted octanol–water partition coefficient (Wildman–Crippen LogP) is 4.09. The number of thiazole rings is 1. The van der Waals surface area contributed by atoms with Crippen LogP contribution >= 0.6 is 11.3 Å². The smallest absolute Gasteiger partial charge is 0.347 e. The fraction of sp³-hybridized carbons (Fsp3) is 0.250. The number of rotatable bonds is 3. The first-order chi connectivity index (χ1) is 10.6. The van der Waals surface area contributed by atoms with Gasteiger partial charge in [-0.05, 0) is 44.0 Å². The lowest BCUT2D eigenvalue weighted by molar-refractivity contribution is 0.0700. The van der Waals surface area contributed by atoms with Gasteiger partial charge >= 0.3 is 5.97 Å². The molecule has 1 saturated carbocycles. The highest BCUT2D eigenvalue weighted by molar-refractivity contribution is 7.19. The molecule has 4 nitrogen and oxygen atoms in total. The fourth-order valence-corrected chi connectivity index (χ4v) is 3.93. The second kappa shape index (κ2) is 4.64. The summed E-state index contributed by atoms with van der Waals surface area (Å²) in [7, 11) is 0. The molecule has 1 fully saturated rings. The number of imidazole rings is 1. The molecule has 0 bridgehead atoms. The van der Waals surface area contributed by atoms with Crippen molar-refractivity contribution in [3.05, 3.63) is 46.3 Å². The van der Waals surface area contributed by atoms with Crippen LogP contribution in [0.5, 0.6) is 0 Å². The highest BCUT2D eigenvalue weighted by Crippen LogP contribution is 2.45. The zero-order valence-electron chi connectivity index (χ0n) is 11.8. The van der Waals surface area contributed by atoms with Crippen molar-refractivity contribution >= 4 is 22.3 Å². The number of carboxylic acid groups (broad SMARTS) is 1. The monoisotopic (exact) mass is 316 g/mol. The summed E-state index contributed by atoms with van der Waals surface area (Å²) in [4.78, 5) is 17.1. The topological polar surface area (TPSA) is 54.6 Å². The average Bonchev–Trinajstić information content (AvgIpc) is 3.17. The molecule has 22 heavy (non-hydrogen) atoms. The Bertz CT molecular complexity index is 891. The number of nitrogens with zero attached hydrogens (tertiary/aromatic N) is 2. The summed E-state index contributed by atoms with van der Waals surface area (Å²) < 4.78 is 15.0. The summed E-state index contributed by atoms with van der Waals surface area (Å²) in [6, 6.07) is 6.22. The number of carboxylic acids is 1. The van der Waals surface area contributed by atoms with Crippen molar-refractivity contribution in [2.45, 2.75) is 25.7 Å². The molecule has 1 N–H and O–H groups in total. The third kappa shape index (κ3) is 1.94. The minimum Gasteiger partial charge on any atom is -0.477 e. The van der Waals surface area contributed by atoms with E-state index in [1.54, 1.807) is 12.1 Å². The van der Waals surface area contributed by atoms with Gasteiger partial charge in [0.05, 0.1) is 11.4 Å². The summed E-state index contributed by atoms with van der Waals surface area (Å²) in [5.74, 6) is -0.858. The Balaban J connectivity index is 1.94. The molecule has 0 radical (unpaired) electrons. The molecule has 1 aromatic carbocycles. The molecular weight excluding hydrogens is 303 g/mol. The van der Waals surface area contributed by atoms with E-state index in [1.165, 1.54) is 23.5 Å². The molecule has 0 atom stereocenters. The lowest BCUT2D eigenvalue weighted by Gasteiger charge is -2.03. The molecule has 3 aromatic rings. The second-order valence-electron chi connectivity index (χ2n) is 5.57. The Morgan fingerprint density at radius 1 is 1.36 bits per heavy atom. The van der Waals surface area contributed by atoms with E-state index in [4.69, 9.17) is 0 Å². The minimum atomic E-state index is -0.889. The molecule has 0 amide bonds. The van der Waals surface area contributed by atoms with Crippen LogP contribution in [-0.2, 0) is 0 Å². The minimum absolute atomic E-state index is 0.283. The molecule has 0 spiro atoms. The first-order valence-corrected chi connectivity index (χ1v) is 7.89. The number of aryl methyl sites for hydroxylation is 1. The van der Waals surface area contributed by atoms with Crippen LogP contribution in [0.3, 0.4) is 0 Å². The summed E-state index contributed by atoms with van der Waals surface area (Å²) in [5.41, 5.74) is 3.40. The van der Waals surface area contributed by atoms with Crippen molar-refractivity contribution in [1.82, 2.24) is 9.38 Å². The third-order valence-electron chi connectivity index (χ3n) is 4.02. The standard InChI is InChI=1S/C16H13FN2O2S/c1-8-12(9-4-6-11(17)7-5-9)18-16-19(8)13(10-2-3-10)14(22-16)15(20)21/h4-7,10H,2-3H2,1H3,(H,20,21). The van der Waals surface area contributed by atoms with Crippen molar-refractivity contribution in [3.63, 3.8) is 0 Å². The predicted molar refractivity (Wildman–Crippen MR) is 82.1 cm³/mol. The molecule has 6 heteroatoms. The van der Waals surface area contributed by atoms with E-state index in [9.17, 15) is 14.3 Å². The maximum absolute atomic E-state index is 13.1. The third-order valence-corrected chi connectivity index (χ3v) is 5.06. The Labute approximate surface area is 129 Å². The molecule has 2 heterocycles. The highest BCUT2D eigenvalue weighted by atomic mass is 32.1. The molecule has 0 aliphatic heterocycles. The Hall–Kier alpha value is -2.21. The van der Waals surface area contributed by atoms with Gasteiger partial charge < -0.3 is 5.11 Å². The Kier molecular flexibility index (Phi) is 2.84.